The fourth-order valence-corrected chi connectivity index (χ4v) is 3.39. The lowest BCUT2D eigenvalue weighted by Gasteiger charge is -2.17. The normalized spacial score (nSPS) is 17.3. The summed E-state index contributed by atoms with van der Waals surface area (Å²) < 4.78 is 20.7. The number of rotatable bonds is 5. The van der Waals surface area contributed by atoms with E-state index in [-0.39, 0.29) is 11.9 Å². The van der Waals surface area contributed by atoms with E-state index in [0.29, 0.717) is 19.1 Å². The molecule has 1 N–H and O–H groups in total. The van der Waals surface area contributed by atoms with Gasteiger partial charge in [0.2, 0.25) is 0 Å². The van der Waals surface area contributed by atoms with Gasteiger partial charge in [-0.05, 0) is 44.0 Å². The summed E-state index contributed by atoms with van der Waals surface area (Å²) in [7, 11) is 0. The van der Waals surface area contributed by atoms with Gasteiger partial charge in [-0.15, -0.1) is 0 Å². The molecule has 0 saturated carbocycles. The van der Waals surface area contributed by atoms with Crippen LogP contribution in [0.5, 0.6) is 0 Å². The molecule has 3 aromatic rings. The predicted molar refractivity (Wildman–Crippen MR) is 100.0 cm³/mol. The standard InChI is InChI=1S/C20H23FN4O/c1-13(2)25-20-18(23-16-7-8-26-12-16)10-17(24-19(20)11-22-25)9-14-3-5-15(21)6-4-14/h3-6,10-11,13,16H,7-9,12H2,1-2H3,(H,23,24). The number of nitrogens with zero attached hydrogens (tertiary/aromatic N) is 3. The Morgan fingerprint density at radius 1 is 1.31 bits per heavy atom. The minimum Gasteiger partial charge on any atom is -0.379 e. The maximum Gasteiger partial charge on any atom is 0.123 e. The molecule has 4 rings (SSSR count). The SMILES string of the molecule is CC(C)n1ncc2nc(Cc3ccc(F)cc3)cc(NC3CCOC3)c21. The molecule has 1 saturated heterocycles. The zero-order chi connectivity index (χ0) is 18.1. The molecule has 1 aromatic carbocycles. The van der Waals surface area contributed by atoms with Gasteiger partial charge in [0.1, 0.15) is 16.9 Å². The minimum atomic E-state index is -0.223. The second kappa shape index (κ2) is 7.03. The Balaban J connectivity index is 1.73. The molecular formula is C20H23FN4O. The molecule has 2 aromatic heterocycles. The lowest BCUT2D eigenvalue weighted by molar-refractivity contribution is 0.195. The first-order valence-electron chi connectivity index (χ1n) is 9.06. The quantitative estimate of drug-likeness (QED) is 0.754. The van der Waals surface area contributed by atoms with Gasteiger partial charge in [-0.1, -0.05) is 12.1 Å². The van der Waals surface area contributed by atoms with Gasteiger partial charge >= 0.3 is 0 Å². The van der Waals surface area contributed by atoms with Gasteiger partial charge in [0, 0.05) is 24.8 Å². The molecule has 3 heterocycles. The van der Waals surface area contributed by atoms with Gasteiger partial charge in [-0.25, -0.2) is 9.37 Å². The number of anilines is 1. The maximum atomic E-state index is 13.2. The number of nitrogens with one attached hydrogen (secondary N) is 1. The van der Waals surface area contributed by atoms with Crippen molar-refractivity contribution in [1.82, 2.24) is 14.8 Å². The number of halogens is 1. The molecule has 0 amide bonds. The first-order chi connectivity index (χ1) is 12.6. The minimum absolute atomic E-state index is 0.223. The first kappa shape index (κ1) is 17.0. The van der Waals surface area contributed by atoms with Crippen LogP contribution in [0.4, 0.5) is 10.1 Å². The molecule has 1 aliphatic rings. The van der Waals surface area contributed by atoms with Crippen LogP contribution in [0.2, 0.25) is 0 Å². The molecule has 0 radical (unpaired) electrons. The van der Waals surface area contributed by atoms with E-state index >= 15 is 0 Å². The summed E-state index contributed by atoms with van der Waals surface area (Å²) in [6.07, 6.45) is 3.46. The van der Waals surface area contributed by atoms with Gasteiger partial charge in [0.25, 0.3) is 0 Å². The third kappa shape index (κ3) is 3.42. The highest BCUT2D eigenvalue weighted by Crippen LogP contribution is 2.28. The number of hydrogen-bond donors (Lipinski definition) is 1. The Kier molecular flexibility index (Phi) is 4.59. The predicted octanol–water partition coefficient (Wildman–Crippen LogP) is 3.94. The van der Waals surface area contributed by atoms with Gasteiger partial charge in [-0.2, -0.15) is 5.10 Å². The molecule has 26 heavy (non-hydrogen) atoms. The van der Waals surface area contributed by atoms with Crippen LogP contribution < -0.4 is 5.32 Å². The van der Waals surface area contributed by atoms with Crippen molar-refractivity contribution in [2.45, 2.75) is 38.8 Å². The highest BCUT2D eigenvalue weighted by atomic mass is 19.1. The van der Waals surface area contributed by atoms with Crippen LogP contribution in [-0.2, 0) is 11.2 Å². The number of hydrogen-bond acceptors (Lipinski definition) is 4. The third-order valence-electron chi connectivity index (χ3n) is 4.68. The second-order valence-corrected chi connectivity index (χ2v) is 7.09. The van der Waals surface area contributed by atoms with Crippen LogP contribution in [-0.4, -0.2) is 34.0 Å². The van der Waals surface area contributed by atoms with Gasteiger partial charge in [0.05, 0.1) is 24.5 Å². The van der Waals surface area contributed by atoms with E-state index in [0.717, 1.165) is 41.0 Å². The van der Waals surface area contributed by atoms with Crippen LogP contribution in [0, 0.1) is 5.82 Å². The molecule has 0 spiro atoms. The Labute approximate surface area is 152 Å². The largest absolute Gasteiger partial charge is 0.379 e. The highest BCUT2D eigenvalue weighted by molar-refractivity contribution is 5.88. The molecule has 1 atom stereocenters. The molecule has 0 bridgehead atoms. The molecule has 136 valence electrons. The monoisotopic (exact) mass is 354 g/mol. The van der Waals surface area contributed by atoms with Crippen molar-refractivity contribution < 1.29 is 9.13 Å². The number of fused-ring (bicyclic) bond motifs is 1. The molecule has 5 nitrogen and oxygen atoms in total. The van der Waals surface area contributed by atoms with Crippen molar-refractivity contribution in [1.29, 1.82) is 0 Å². The van der Waals surface area contributed by atoms with Crippen molar-refractivity contribution in [3.05, 3.63) is 53.6 Å². The smallest absolute Gasteiger partial charge is 0.123 e. The molecule has 1 unspecified atom stereocenters. The van der Waals surface area contributed by atoms with E-state index in [1.165, 1.54) is 12.1 Å². The van der Waals surface area contributed by atoms with Crippen molar-refractivity contribution >= 4 is 16.7 Å². The van der Waals surface area contributed by atoms with E-state index in [4.69, 9.17) is 9.72 Å². The average molecular weight is 354 g/mol. The van der Waals surface area contributed by atoms with E-state index in [1.54, 1.807) is 12.1 Å². The topological polar surface area (TPSA) is 52.0 Å². The molecule has 6 heteroatoms. The lowest BCUT2D eigenvalue weighted by Crippen LogP contribution is -2.20. The van der Waals surface area contributed by atoms with Crippen molar-refractivity contribution in [2.75, 3.05) is 18.5 Å². The number of benzene rings is 1. The summed E-state index contributed by atoms with van der Waals surface area (Å²) >= 11 is 0. The van der Waals surface area contributed by atoms with Crippen molar-refractivity contribution in [2.24, 2.45) is 0 Å². The maximum absolute atomic E-state index is 13.2. The second-order valence-electron chi connectivity index (χ2n) is 7.09. The summed E-state index contributed by atoms with van der Waals surface area (Å²) in [4.78, 5) is 4.78. The molecular weight excluding hydrogens is 331 g/mol. The Bertz CT molecular complexity index is 898. The Morgan fingerprint density at radius 3 is 2.81 bits per heavy atom. The Morgan fingerprint density at radius 2 is 2.12 bits per heavy atom. The van der Waals surface area contributed by atoms with E-state index in [1.807, 2.05) is 10.9 Å². The lowest BCUT2D eigenvalue weighted by atomic mass is 10.1. The van der Waals surface area contributed by atoms with Crippen LogP contribution in [0.25, 0.3) is 11.0 Å². The molecule has 1 aliphatic heterocycles. The van der Waals surface area contributed by atoms with Gasteiger partial charge < -0.3 is 10.1 Å². The third-order valence-corrected chi connectivity index (χ3v) is 4.68. The van der Waals surface area contributed by atoms with E-state index in [9.17, 15) is 4.39 Å². The number of aromatic nitrogens is 3. The van der Waals surface area contributed by atoms with Gasteiger partial charge in [0.15, 0.2) is 0 Å². The first-order valence-corrected chi connectivity index (χ1v) is 9.06. The summed E-state index contributed by atoms with van der Waals surface area (Å²) in [5.74, 6) is -0.223. The highest BCUT2D eigenvalue weighted by Gasteiger charge is 2.19. The van der Waals surface area contributed by atoms with Crippen LogP contribution in [0.3, 0.4) is 0 Å². The molecule has 1 fully saturated rings. The van der Waals surface area contributed by atoms with Crippen LogP contribution in [0.1, 0.15) is 37.6 Å². The average Bonchev–Trinajstić information content (AvgIpc) is 3.26. The summed E-state index contributed by atoms with van der Waals surface area (Å²) in [5.41, 5.74) is 4.90. The van der Waals surface area contributed by atoms with E-state index < -0.39 is 0 Å². The molecule has 0 aliphatic carbocycles. The van der Waals surface area contributed by atoms with Crippen molar-refractivity contribution in [3.63, 3.8) is 0 Å². The van der Waals surface area contributed by atoms with Gasteiger partial charge in [-0.3, -0.25) is 4.68 Å². The fraction of sp³-hybridized carbons (Fsp3) is 0.400. The zero-order valence-electron chi connectivity index (χ0n) is 15.1. The van der Waals surface area contributed by atoms with Crippen molar-refractivity contribution in [3.8, 4) is 0 Å². The van der Waals surface area contributed by atoms with Crippen LogP contribution >= 0.6 is 0 Å². The van der Waals surface area contributed by atoms with Crippen LogP contribution in [0.15, 0.2) is 36.5 Å². The summed E-state index contributed by atoms with van der Waals surface area (Å²) in [6, 6.07) is 9.21. The van der Waals surface area contributed by atoms with E-state index in [2.05, 4.69) is 30.3 Å². The number of pyridine rings is 1. The fourth-order valence-electron chi connectivity index (χ4n) is 3.39. The number of ether oxygens (including phenoxy) is 1. The zero-order valence-corrected chi connectivity index (χ0v) is 15.1. The summed E-state index contributed by atoms with van der Waals surface area (Å²) in [6.45, 7) is 5.73. The Hall–Kier alpha value is -2.47. The summed E-state index contributed by atoms with van der Waals surface area (Å²) in [5, 5.41) is 8.14.